The second-order valence-electron chi connectivity index (χ2n) is 7.94. The van der Waals surface area contributed by atoms with Crippen molar-refractivity contribution in [2.24, 2.45) is 10.3 Å². The molecular weight excluding hydrogens is 418 g/mol. The highest BCUT2D eigenvalue weighted by Crippen LogP contribution is 2.33. The molecule has 0 N–H and O–H groups in total. The molecule has 3 aromatic carbocycles. The number of carbonyl (C=O) groups excluding carboxylic acids is 3. The number of anilines is 3. The molecule has 8 heteroatoms. The maximum Gasteiger partial charge on any atom is 0.263 e. The third-order valence-corrected chi connectivity index (χ3v) is 5.73. The van der Waals surface area contributed by atoms with Gasteiger partial charge in [-0.15, -0.1) is 0 Å². The molecule has 2 heterocycles. The molecule has 3 aromatic rings. The highest BCUT2D eigenvalue weighted by atomic mass is 16.2. The van der Waals surface area contributed by atoms with E-state index in [1.165, 1.54) is 5.01 Å². The Morgan fingerprint density at radius 3 is 2.00 bits per heavy atom. The van der Waals surface area contributed by atoms with E-state index in [0.717, 1.165) is 10.5 Å². The van der Waals surface area contributed by atoms with Gasteiger partial charge in [-0.25, -0.2) is 4.90 Å². The Morgan fingerprint density at radius 2 is 1.42 bits per heavy atom. The van der Waals surface area contributed by atoms with Crippen molar-refractivity contribution in [2.45, 2.75) is 19.0 Å². The first kappa shape index (κ1) is 20.6. The molecule has 0 bridgehead atoms. The highest BCUT2D eigenvalue weighted by molar-refractivity contribution is 6.25. The van der Waals surface area contributed by atoms with Crippen molar-refractivity contribution in [1.29, 1.82) is 0 Å². The number of nitrogens with zero attached hydrogens (tertiary/aromatic N) is 5. The molecule has 8 nitrogen and oxygen atoms in total. The zero-order chi connectivity index (χ0) is 22.9. The molecule has 2 atom stereocenters. The summed E-state index contributed by atoms with van der Waals surface area (Å²) in [4.78, 5) is 42.3. The lowest BCUT2D eigenvalue weighted by molar-refractivity contribution is -0.124. The molecule has 0 spiro atoms. The zero-order valence-corrected chi connectivity index (χ0v) is 17.9. The van der Waals surface area contributed by atoms with E-state index in [2.05, 4.69) is 10.3 Å². The summed E-state index contributed by atoms with van der Waals surface area (Å²) in [5.74, 6) is -1.16. The Labute approximate surface area is 190 Å². The largest absolute Gasteiger partial charge is 0.279 e. The molecule has 1 saturated heterocycles. The quantitative estimate of drug-likeness (QED) is 0.568. The van der Waals surface area contributed by atoms with Crippen LogP contribution in [0.5, 0.6) is 0 Å². The summed E-state index contributed by atoms with van der Waals surface area (Å²) in [5.41, 5.74) is 2.89. The predicted octanol–water partition coefficient (Wildman–Crippen LogP) is 3.65. The lowest BCUT2D eigenvalue weighted by atomic mass is 10.1. The van der Waals surface area contributed by atoms with Gasteiger partial charge in [-0.3, -0.25) is 24.3 Å². The van der Waals surface area contributed by atoms with Gasteiger partial charge in [0.25, 0.3) is 17.7 Å². The Hall–Kier alpha value is -4.33. The minimum Gasteiger partial charge on any atom is -0.279 e. The number of hydrogen-bond acceptors (Lipinski definition) is 6. The molecule has 0 aliphatic carbocycles. The molecule has 0 unspecified atom stereocenters. The number of carbonyl (C=O) groups is 3. The number of para-hydroxylation sites is 2. The fraction of sp³-hybridized carbons (Fsp3) is 0.160. The molecule has 164 valence electrons. The van der Waals surface area contributed by atoms with Gasteiger partial charge in [0.1, 0.15) is 6.54 Å². The van der Waals surface area contributed by atoms with Crippen LogP contribution < -0.4 is 9.80 Å². The standard InChI is InChI=1S/C25H21N5O3/c1-17-12-14-20(15-13-17)30-24(32)22-23(25(30)33)28(27-26-22)16-21(31)29(18-8-4-2-5-9-18)19-10-6-3-7-11-19/h2-15,22-23H,16H2,1H3/t22-,23-/m0/s1. The lowest BCUT2D eigenvalue weighted by Gasteiger charge is -2.26. The number of benzene rings is 3. The summed E-state index contributed by atoms with van der Waals surface area (Å²) in [6, 6.07) is 23.7. The molecular formula is C25H21N5O3. The number of aryl methyl sites for hydroxylation is 1. The van der Waals surface area contributed by atoms with E-state index in [9.17, 15) is 14.4 Å². The third-order valence-electron chi connectivity index (χ3n) is 5.73. The van der Waals surface area contributed by atoms with Crippen molar-refractivity contribution in [3.8, 4) is 0 Å². The van der Waals surface area contributed by atoms with Crippen molar-refractivity contribution in [2.75, 3.05) is 16.3 Å². The number of imide groups is 1. The van der Waals surface area contributed by atoms with E-state index in [-0.39, 0.29) is 12.5 Å². The maximum absolute atomic E-state index is 13.4. The van der Waals surface area contributed by atoms with E-state index >= 15 is 0 Å². The first-order chi connectivity index (χ1) is 16.0. The molecule has 2 aliphatic rings. The average Bonchev–Trinajstić information content (AvgIpc) is 3.35. The summed E-state index contributed by atoms with van der Waals surface area (Å²) in [6.45, 7) is 1.73. The van der Waals surface area contributed by atoms with Crippen LogP contribution in [0.3, 0.4) is 0 Å². The molecule has 1 fully saturated rings. The topological polar surface area (TPSA) is 85.7 Å². The van der Waals surface area contributed by atoms with Crippen LogP contribution in [0, 0.1) is 6.92 Å². The predicted molar refractivity (Wildman–Crippen MR) is 123 cm³/mol. The smallest absolute Gasteiger partial charge is 0.263 e. The van der Waals surface area contributed by atoms with Gasteiger partial charge in [0.05, 0.1) is 5.69 Å². The second-order valence-corrected chi connectivity index (χ2v) is 7.94. The number of amides is 3. The molecule has 3 amide bonds. The molecule has 33 heavy (non-hydrogen) atoms. The first-order valence-corrected chi connectivity index (χ1v) is 10.6. The van der Waals surface area contributed by atoms with Crippen molar-refractivity contribution in [1.82, 2.24) is 5.01 Å². The fourth-order valence-corrected chi connectivity index (χ4v) is 4.10. The Kier molecular flexibility index (Phi) is 5.18. The van der Waals surface area contributed by atoms with E-state index in [1.807, 2.05) is 79.7 Å². The second kappa shape index (κ2) is 8.31. The van der Waals surface area contributed by atoms with Gasteiger partial charge in [-0.1, -0.05) is 59.3 Å². The van der Waals surface area contributed by atoms with E-state index < -0.39 is 23.9 Å². The summed E-state index contributed by atoms with van der Waals surface area (Å²) in [7, 11) is 0. The van der Waals surface area contributed by atoms with Crippen LogP contribution in [0.25, 0.3) is 0 Å². The zero-order valence-electron chi connectivity index (χ0n) is 17.9. The van der Waals surface area contributed by atoms with E-state index in [4.69, 9.17) is 0 Å². The van der Waals surface area contributed by atoms with Gasteiger partial charge in [0.15, 0.2) is 12.1 Å². The minimum atomic E-state index is -0.950. The van der Waals surface area contributed by atoms with E-state index in [0.29, 0.717) is 17.1 Å². The highest BCUT2D eigenvalue weighted by Gasteiger charge is 2.55. The van der Waals surface area contributed by atoms with Crippen LogP contribution >= 0.6 is 0 Å². The maximum atomic E-state index is 13.4. The normalized spacial score (nSPS) is 19.2. The van der Waals surface area contributed by atoms with Crippen LogP contribution in [0.2, 0.25) is 0 Å². The summed E-state index contributed by atoms with van der Waals surface area (Å²) >= 11 is 0. The lowest BCUT2D eigenvalue weighted by Crippen LogP contribution is -2.44. The van der Waals surface area contributed by atoms with Crippen LogP contribution in [0.1, 0.15) is 5.56 Å². The van der Waals surface area contributed by atoms with E-state index in [1.54, 1.807) is 17.0 Å². The summed E-state index contributed by atoms with van der Waals surface area (Å²) in [5, 5.41) is 9.37. The minimum absolute atomic E-state index is 0.199. The van der Waals surface area contributed by atoms with Crippen molar-refractivity contribution < 1.29 is 14.4 Å². The van der Waals surface area contributed by atoms with Crippen LogP contribution in [0.4, 0.5) is 17.1 Å². The fourth-order valence-electron chi connectivity index (χ4n) is 4.10. The van der Waals surface area contributed by atoms with Crippen LogP contribution in [-0.2, 0) is 14.4 Å². The molecule has 0 saturated carbocycles. The van der Waals surface area contributed by atoms with Gasteiger partial charge < -0.3 is 0 Å². The molecule has 0 aromatic heterocycles. The van der Waals surface area contributed by atoms with Gasteiger partial charge in [0.2, 0.25) is 0 Å². The number of rotatable bonds is 5. The van der Waals surface area contributed by atoms with Gasteiger partial charge in [0, 0.05) is 11.4 Å². The first-order valence-electron chi connectivity index (χ1n) is 10.6. The SMILES string of the molecule is Cc1ccc(N2C(=O)[C@H]3N=NN(CC(=O)N(c4ccccc4)c4ccccc4)[C@@H]3C2=O)cc1. The average molecular weight is 439 g/mol. The summed E-state index contributed by atoms with van der Waals surface area (Å²) in [6.07, 6.45) is 0. The Bertz CT molecular complexity index is 1190. The Balaban J connectivity index is 1.41. The van der Waals surface area contributed by atoms with Crippen molar-refractivity contribution in [3.05, 3.63) is 90.5 Å². The monoisotopic (exact) mass is 439 g/mol. The van der Waals surface area contributed by atoms with Crippen LogP contribution in [-0.4, -0.2) is 41.4 Å². The third kappa shape index (κ3) is 3.65. The summed E-state index contributed by atoms with van der Waals surface area (Å²) < 4.78 is 0. The Morgan fingerprint density at radius 1 is 0.848 bits per heavy atom. The number of hydrogen-bond donors (Lipinski definition) is 0. The molecule has 5 rings (SSSR count). The number of fused-ring (bicyclic) bond motifs is 1. The van der Waals surface area contributed by atoms with Crippen molar-refractivity contribution >= 4 is 34.8 Å². The van der Waals surface area contributed by atoms with Gasteiger partial charge >= 0.3 is 0 Å². The van der Waals surface area contributed by atoms with Gasteiger partial charge in [-0.05, 0) is 43.3 Å². The van der Waals surface area contributed by atoms with Gasteiger partial charge in [-0.2, -0.15) is 5.11 Å². The molecule has 0 radical (unpaired) electrons. The van der Waals surface area contributed by atoms with Crippen LogP contribution in [0.15, 0.2) is 95.3 Å². The van der Waals surface area contributed by atoms with Crippen molar-refractivity contribution in [3.63, 3.8) is 0 Å². The molecule has 2 aliphatic heterocycles.